The Balaban J connectivity index is 1.45. The summed E-state index contributed by atoms with van der Waals surface area (Å²) in [5.41, 5.74) is 2.65. The zero-order chi connectivity index (χ0) is 22.6. The van der Waals surface area contributed by atoms with Gasteiger partial charge in [0.15, 0.2) is 0 Å². The largest absolute Gasteiger partial charge is 0.311 e. The predicted molar refractivity (Wildman–Crippen MR) is 126 cm³/mol. The number of amides is 2. The molecule has 0 saturated carbocycles. The van der Waals surface area contributed by atoms with Crippen LogP contribution in [0.5, 0.6) is 0 Å². The number of anilines is 2. The lowest BCUT2D eigenvalue weighted by atomic mass is 9.84. The fraction of sp³-hybridized carbons (Fsp3) is 0.200. The minimum absolute atomic E-state index is 0.192. The van der Waals surface area contributed by atoms with Crippen LogP contribution < -0.4 is 10.2 Å². The fourth-order valence-corrected chi connectivity index (χ4v) is 4.58. The van der Waals surface area contributed by atoms with Gasteiger partial charge in [-0.2, -0.15) is 16.6 Å². The minimum Gasteiger partial charge on any atom is -0.311 e. The zero-order valence-electron chi connectivity index (χ0n) is 17.5. The van der Waals surface area contributed by atoms with Crippen molar-refractivity contribution in [3.63, 3.8) is 0 Å². The number of thiophene rings is 1. The number of rotatable bonds is 7. The Bertz CT molecular complexity index is 1200. The van der Waals surface area contributed by atoms with Crippen LogP contribution in [0.15, 0.2) is 72.1 Å². The predicted octanol–water partition coefficient (Wildman–Crippen LogP) is 4.81. The first-order valence-electron chi connectivity index (χ1n) is 10.3. The molecule has 3 heterocycles. The molecule has 2 amide bonds. The third-order valence-electron chi connectivity index (χ3n) is 5.59. The summed E-state index contributed by atoms with van der Waals surface area (Å²) >= 11 is 1.63. The van der Waals surface area contributed by atoms with Crippen molar-refractivity contribution < 1.29 is 9.59 Å². The first-order valence-corrected chi connectivity index (χ1v) is 11.2. The highest BCUT2D eigenvalue weighted by Gasteiger charge is 2.46. The molecule has 7 heteroatoms. The Hall–Kier alpha value is -3.76. The summed E-state index contributed by atoms with van der Waals surface area (Å²) < 4.78 is 0. The van der Waals surface area contributed by atoms with E-state index in [-0.39, 0.29) is 18.2 Å². The second-order valence-corrected chi connectivity index (χ2v) is 8.51. The first kappa shape index (κ1) is 21.5. The number of carbonyl (C=O) groups is 2. The molecular formula is C25H22N4O2S. The van der Waals surface area contributed by atoms with Crippen LogP contribution >= 0.6 is 11.3 Å². The third-order valence-corrected chi connectivity index (χ3v) is 6.28. The van der Waals surface area contributed by atoms with E-state index in [1.807, 2.05) is 29.6 Å². The van der Waals surface area contributed by atoms with Crippen LogP contribution in [-0.4, -0.2) is 23.3 Å². The minimum atomic E-state index is -1.07. The molecule has 0 unspecified atom stereocenters. The number of allylic oxidation sites excluding steroid dienone is 1. The van der Waals surface area contributed by atoms with Gasteiger partial charge in [-0.1, -0.05) is 30.3 Å². The number of carbonyl (C=O) groups excluding carboxylic acids is 2. The van der Waals surface area contributed by atoms with Crippen molar-refractivity contribution >= 4 is 34.7 Å². The summed E-state index contributed by atoms with van der Waals surface area (Å²) in [7, 11) is 0. The molecule has 1 aromatic carbocycles. The molecule has 1 N–H and O–H groups in total. The summed E-state index contributed by atoms with van der Waals surface area (Å²) in [4.78, 5) is 31.3. The maximum Gasteiger partial charge on any atom is 0.247 e. The number of pyridine rings is 1. The van der Waals surface area contributed by atoms with Crippen molar-refractivity contribution in [2.75, 3.05) is 16.8 Å². The van der Waals surface area contributed by atoms with Gasteiger partial charge < -0.3 is 10.2 Å². The lowest BCUT2D eigenvalue weighted by Crippen LogP contribution is -2.33. The van der Waals surface area contributed by atoms with E-state index >= 15 is 0 Å². The van der Waals surface area contributed by atoms with E-state index in [0.717, 1.165) is 16.7 Å². The standard InChI is InChI=1S/C25H22N4O2S/c1-2-8-25(17-26)9-11-29(24(25)31)21-6-10-27-22(15-21)28-23(30)14-18-4-3-5-19(13-18)20-7-12-32-16-20/h2-7,10,12-13,15-16H,1,8-9,11,14H2,(H,27,28,30)/t25-/m1/s1. The number of hydrogen-bond acceptors (Lipinski definition) is 5. The molecule has 1 aliphatic heterocycles. The van der Waals surface area contributed by atoms with Crippen molar-refractivity contribution in [1.82, 2.24) is 4.98 Å². The van der Waals surface area contributed by atoms with Gasteiger partial charge in [0.05, 0.1) is 12.5 Å². The number of hydrogen-bond donors (Lipinski definition) is 1. The van der Waals surface area contributed by atoms with Crippen LogP contribution in [-0.2, 0) is 16.0 Å². The average molecular weight is 443 g/mol. The second-order valence-electron chi connectivity index (χ2n) is 7.73. The van der Waals surface area contributed by atoms with Crippen LogP contribution in [0.25, 0.3) is 11.1 Å². The molecule has 1 atom stereocenters. The van der Waals surface area contributed by atoms with Crippen molar-refractivity contribution in [2.24, 2.45) is 5.41 Å². The van der Waals surface area contributed by atoms with Gasteiger partial charge in [-0.3, -0.25) is 9.59 Å². The van der Waals surface area contributed by atoms with E-state index in [4.69, 9.17) is 0 Å². The highest BCUT2D eigenvalue weighted by molar-refractivity contribution is 7.08. The van der Waals surface area contributed by atoms with Gasteiger partial charge in [-0.25, -0.2) is 4.98 Å². The van der Waals surface area contributed by atoms with Crippen LogP contribution in [0.2, 0.25) is 0 Å². The second kappa shape index (κ2) is 9.16. The molecule has 0 spiro atoms. The van der Waals surface area contributed by atoms with Gasteiger partial charge in [0, 0.05) is 24.5 Å². The van der Waals surface area contributed by atoms with Crippen molar-refractivity contribution in [3.8, 4) is 17.2 Å². The van der Waals surface area contributed by atoms with Crippen molar-refractivity contribution in [1.29, 1.82) is 5.26 Å². The van der Waals surface area contributed by atoms with E-state index in [2.05, 4.69) is 34.4 Å². The highest BCUT2D eigenvalue weighted by atomic mass is 32.1. The fourth-order valence-electron chi connectivity index (χ4n) is 3.92. The lowest BCUT2D eigenvalue weighted by Gasteiger charge is -2.20. The number of benzene rings is 1. The summed E-state index contributed by atoms with van der Waals surface area (Å²) in [6.45, 7) is 4.11. The molecule has 0 radical (unpaired) electrons. The Labute approximate surface area is 190 Å². The normalized spacial score (nSPS) is 17.7. The Morgan fingerprint density at radius 3 is 2.94 bits per heavy atom. The van der Waals surface area contributed by atoms with Crippen LogP contribution in [0.4, 0.5) is 11.5 Å². The number of nitrogens with one attached hydrogen (secondary N) is 1. The van der Waals surface area contributed by atoms with Crippen LogP contribution in [0.1, 0.15) is 18.4 Å². The van der Waals surface area contributed by atoms with Gasteiger partial charge in [0.25, 0.3) is 0 Å². The quantitative estimate of drug-likeness (QED) is 0.532. The summed E-state index contributed by atoms with van der Waals surface area (Å²) in [6.07, 6.45) is 4.13. The molecular weight excluding hydrogens is 420 g/mol. The van der Waals surface area contributed by atoms with Gasteiger partial charge in [0.2, 0.25) is 11.8 Å². The molecule has 1 fully saturated rings. The molecule has 160 valence electrons. The van der Waals surface area contributed by atoms with E-state index in [1.165, 1.54) is 0 Å². The molecule has 32 heavy (non-hydrogen) atoms. The summed E-state index contributed by atoms with van der Waals surface area (Å²) in [5.74, 6) is -0.0658. The lowest BCUT2D eigenvalue weighted by molar-refractivity contribution is -0.123. The highest BCUT2D eigenvalue weighted by Crippen LogP contribution is 2.38. The maximum absolute atomic E-state index is 12.9. The molecule has 1 saturated heterocycles. The van der Waals surface area contributed by atoms with Gasteiger partial charge in [-0.15, -0.1) is 6.58 Å². The van der Waals surface area contributed by atoms with Crippen LogP contribution in [0, 0.1) is 16.7 Å². The third kappa shape index (κ3) is 4.32. The Morgan fingerprint density at radius 1 is 1.31 bits per heavy atom. The molecule has 3 aromatic rings. The number of nitrogens with zero attached hydrogens (tertiary/aromatic N) is 3. The van der Waals surface area contributed by atoms with Gasteiger partial charge >= 0.3 is 0 Å². The molecule has 4 rings (SSSR count). The maximum atomic E-state index is 12.9. The molecule has 2 aromatic heterocycles. The smallest absolute Gasteiger partial charge is 0.247 e. The van der Waals surface area contributed by atoms with Crippen molar-refractivity contribution in [2.45, 2.75) is 19.3 Å². The summed E-state index contributed by atoms with van der Waals surface area (Å²) in [5, 5.41) is 16.5. The van der Waals surface area contributed by atoms with E-state index in [0.29, 0.717) is 30.9 Å². The zero-order valence-corrected chi connectivity index (χ0v) is 18.3. The topological polar surface area (TPSA) is 86.1 Å². The molecule has 1 aliphatic rings. The van der Waals surface area contributed by atoms with Crippen LogP contribution in [0.3, 0.4) is 0 Å². The SMILES string of the molecule is C=CC[C@]1(C#N)CCN(c2ccnc(NC(=O)Cc3cccc(-c4ccsc4)c3)c2)C1=O. The van der Waals surface area contributed by atoms with Gasteiger partial charge in [0.1, 0.15) is 11.2 Å². The van der Waals surface area contributed by atoms with E-state index in [1.54, 1.807) is 40.6 Å². The van der Waals surface area contributed by atoms with E-state index in [9.17, 15) is 14.9 Å². The molecule has 6 nitrogen and oxygen atoms in total. The van der Waals surface area contributed by atoms with Gasteiger partial charge in [-0.05, 0) is 52.4 Å². The number of aromatic nitrogens is 1. The van der Waals surface area contributed by atoms with Crippen molar-refractivity contribution in [3.05, 3.63) is 77.6 Å². The number of nitriles is 1. The molecule has 0 bridgehead atoms. The summed E-state index contributed by atoms with van der Waals surface area (Å²) in [6, 6.07) is 15.5. The average Bonchev–Trinajstić information content (AvgIpc) is 3.44. The monoisotopic (exact) mass is 442 g/mol. The first-order chi connectivity index (χ1) is 15.5. The molecule has 0 aliphatic carbocycles. The Morgan fingerprint density at radius 2 is 2.19 bits per heavy atom. The Kier molecular flexibility index (Phi) is 6.15. The van der Waals surface area contributed by atoms with E-state index < -0.39 is 5.41 Å².